The summed E-state index contributed by atoms with van der Waals surface area (Å²) in [6.07, 6.45) is 2.60. The molecule has 1 aromatic heterocycles. The largest absolute Gasteiger partial charge is 0.370 e. The first-order valence-corrected chi connectivity index (χ1v) is 6.53. The zero-order valence-electron chi connectivity index (χ0n) is 11.2. The second-order valence-corrected chi connectivity index (χ2v) is 4.62. The predicted molar refractivity (Wildman–Crippen MR) is 71.7 cm³/mol. The predicted octanol–water partition coefficient (Wildman–Crippen LogP) is 2.51. The molecule has 1 aromatic rings. The summed E-state index contributed by atoms with van der Waals surface area (Å²) in [4.78, 5) is 11.5. The van der Waals surface area contributed by atoms with Crippen LogP contribution in [0.2, 0.25) is 0 Å². The fraction of sp³-hybridized carbons (Fsp3) is 0.692. The SMILES string of the molecule is CCNc1nc(C)nc(N(CC)C2CC2)c1C. The minimum absolute atomic E-state index is 0.697. The summed E-state index contributed by atoms with van der Waals surface area (Å²) < 4.78 is 0. The maximum atomic E-state index is 4.62. The highest BCUT2D eigenvalue weighted by Crippen LogP contribution is 2.33. The summed E-state index contributed by atoms with van der Waals surface area (Å²) in [5, 5.41) is 3.32. The van der Waals surface area contributed by atoms with Crippen molar-refractivity contribution in [3.63, 3.8) is 0 Å². The van der Waals surface area contributed by atoms with Gasteiger partial charge in [0.1, 0.15) is 17.5 Å². The van der Waals surface area contributed by atoms with Crippen LogP contribution in [-0.2, 0) is 0 Å². The normalized spacial score (nSPS) is 14.8. The minimum Gasteiger partial charge on any atom is -0.370 e. The number of anilines is 2. The molecule has 0 atom stereocenters. The zero-order valence-corrected chi connectivity index (χ0v) is 11.2. The quantitative estimate of drug-likeness (QED) is 0.850. The Balaban J connectivity index is 2.37. The highest BCUT2D eigenvalue weighted by Gasteiger charge is 2.30. The van der Waals surface area contributed by atoms with Crippen LogP contribution in [0.4, 0.5) is 11.6 Å². The van der Waals surface area contributed by atoms with E-state index >= 15 is 0 Å². The lowest BCUT2D eigenvalue weighted by molar-refractivity contribution is 0.793. The fourth-order valence-corrected chi connectivity index (χ4v) is 2.20. The summed E-state index contributed by atoms with van der Waals surface area (Å²) in [6, 6.07) is 0.697. The van der Waals surface area contributed by atoms with Crippen LogP contribution in [0.3, 0.4) is 0 Å². The summed E-state index contributed by atoms with van der Waals surface area (Å²) in [7, 11) is 0. The lowest BCUT2D eigenvalue weighted by Gasteiger charge is -2.24. The highest BCUT2D eigenvalue weighted by atomic mass is 15.2. The van der Waals surface area contributed by atoms with Crippen LogP contribution in [0.25, 0.3) is 0 Å². The van der Waals surface area contributed by atoms with Crippen molar-refractivity contribution in [1.82, 2.24) is 9.97 Å². The molecule has 1 N–H and O–H groups in total. The monoisotopic (exact) mass is 234 g/mol. The lowest BCUT2D eigenvalue weighted by Crippen LogP contribution is -2.27. The molecule has 1 heterocycles. The molecule has 1 aliphatic carbocycles. The van der Waals surface area contributed by atoms with Crippen molar-refractivity contribution in [2.75, 3.05) is 23.3 Å². The first-order valence-electron chi connectivity index (χ1n) is 6.53. The molecular weight excluding hydrogens is 212 g/mol. The first-order chi connectivity index (χ1) is 8.17. The molecule has 0 bridgehead atoms. The van der Waals surface area contributed by atoms with Gasteiger partial charge in [-0.05, 0) is 40.5 Å². The molecule has 4 nitrogen and oxygen atoms in total. The van der Waals surface area contributed by atoms with Crippen LogP contribution in [0.5, 0.6) is 0 Å². The highest BCUT2D eigenvalue weighted by molar-refractivity contribution is 5.59. The van der Waals surface area contributed by atoms with Gasteiger partial charge in [0.25, 0.3) is 0 Å². The molecule has 0 spiro atoms. The topological polar surface area (TPSA) is 41.1 Å². The molecular formula is C13H22N4. The summed E-state index contributed by atoms with van der Waals surface area (Å²) in [5.41, 5.74) is 1.17. The Bertz CT molecular complexity index is 399. The summed E-state index contributed by atoms with van der Waals surface area (Å²) >= 11 is 0. The van der Waals surface area contributed by atoms with Gasteiger partial charge in [0, 0.05) is 24.7 Å². The lowest BCUT2D eigenvalue weighted by atomic mass is 10.2. The Hall–Kier alpha value is -1.32. The Morgan fingerprint density at radius 1 is 1.24 bits per heavy atom. The van der Waals surface area contributed by atoms with Crippen LogP contribution in [0, 0.1) is 13.8 Å². The van der Waals surface area contributed by atoms with Gasteiger partial charge in [-0.15, -0.1) is 0 Å². The van der Waals surface area contributed by atoms with Crippen LogP contribution >= 0.6 is 0 Å². The van der Waals surface area contributed by atoms with Crippen molar-refractivity contribution in [3.05, 3.63) is 11.4 Å². The van der Waals surface area contributed by atoms with Crippen molar-refractivity contribution in [1.29, 1.82) is 0 Å². The van der Waals surface area contributed by atoms with E-state index in [1.807, 2.05) is 6.92 Å². The number of hydrogen-bond acceptors (Lipinski definition) is 4. The van der Waals surface area contributed by atoms with E-state index < -0.39 is 0 Å². The molecule has 1 fully saturated rings. The van der Waals surface area contributed by atoms with Crippen molar-refractivity contribution in [2.24, 2.45) is 0 Å². The van der Waals surface area contributed by atoms with Gasteiger partial charge < -0.3 is 10.2 Å². The molecule has 0 aromatic carbocycles. The number of aromatic nitrogens is 2. The van der Waals surface area contributed by atoms with E-state index in [9.17, 15) is 0 Å². The summed E-state index contributed by atoms with van der Waals surface area (Å²) in [5.74, 6) is 2.94. The minimum atomic E-state index is 0.697. The molecule has 0 unspecified atom stereocenters. The van der Waals surface area contributed by atoms with Crippen LogP contribution in [-0.4, -0.2) is 29.1 Å². The molecule has 1 saturated carbocycles. The van der Waals surface area contributed by atoms with E-state index in [1.165, 1.54) is 18.4 Å². The Kier molecular flexibility index (Phi) is 3.50. The van der Waals surface area contributed by atoms with E-state index in [1.54, 1.807) is 0 Å². The average molecular weight is 234 g/mol. The van der Waals surface area contributed by atoms with Crippen molar-refractivity contribution in [3.8, 4) is 0 Å². The standard InChI is InChI=1S/C13H22N4/c1-5-14-12-9(3)13(16-10(4)15-12)17(6-2)11-7-8-11/h11H,5-8H2,1-4H3,(H,14,15,16). The van der Waals surface area contributed by atoms with Gasteiger partial charge in [0.05, 0.1) is 0 Å². The van der Waals surface area contributed by atoms with Gasteiger partial charge >= 0.3 is 0 Å². The molecule has 0 aliphatic heterocycles. The molecule has 17 heavy (non-hydrogen) atoms. The van der Waals surface area contributed by atoms with Crippen LogP contribution in [0.1, 0.15) is 38.1 Å². The zero-order chi connectivity index (χ0) is 12.4. The average Bonchev–Trinajstić information content (AvgIpc) is 3.10. The third-order valence-electron chi connectivity index (χ3n) is 3.18. The third kappa shape index (κ3) is 2.51. The van der Waals surface area contributed by atoms with E-state index in [4.69, 9.17) is 0 Å². The molecule has 2 rings (SSSR count). The number of nitrogens with zero attached hydrogens (tertiary/aromatic N) is 3. The van der Waals surface area contributed by atoms with E-state index in [-0.39, 0.29) is 0 Å². The van der Waals surface area contributed by atoms with E-state index in [0.717, 1.165) is 30.5 Å². The van der Waals surface area contributed by atoms with Gasteiger partial charge in [-0.2, -0.15) is 0 Å². The molecule has 0 radical (unpaired) electrons. The van der Waals surface area contributed by atoms with Gasteiger partial charge in [0.2, 0.25) is 0 Å². The summed E-state index contributed by atoms with van der Waals surface area (Å²) in [6.45, 7) is 10.3. The van der Waals surface area contributed by atoms with Crippen LogP contribution < -0.4 is 10.2 Å². The second-order valence-electron chi connectivity index (χ2n) is 4.62. The van der Waals surface area contributed by atoms with Crippen molar-refractivity contribution >= 4 is 11.6 Å². The Morgan fingerprint density at radius 3 is 2.47 bits per heavy atom. The van der Waals surface area contributed by atoms with E-state index in [2.05, 4.69) is 41.0 Å². The maximum absolute atomic E-state index is 4.62. The molecule has 1 aliphatic rings. The fourth-order valence-electron chi connectivity index (χ4n) is 2.20. The molecule has 0 amide bonds. The number of aryl methyl sites for hydroxylation is 1. The smallest absolute Gasteiger partial charge is 0.137 e. The number of hydrogen-bond donors (Lipinski definition) is 1. The number of rotatable bonds is 5. The Labute approximate surface area is 103 Å². The number of nitrogens with one attached hydrogen (secondary N) is 1. The second kappa shape index (κ2) is 4.90. The van der Waals surface area contributed by atoms with E-state index in [0.29, 0.717) is 6.04 Å². The first kappa shape index (κ1) is 12.1. The van der Waals surface area contributed by atoms with Gasteiger partial charge in [0.15, 0.2) is 0 Å². The van der Waals surface area contributed by atoms with Gasteiger partial charge in [-0.3, -0.25) is 0 Å². The van der Waals surface area contributed by atoms with Crippen molar-refractivity contribution < 1.29 is 0 Å². The van der Waals surface area contributed by atoms with Crippen LogP contribution in [0.15, 0.2) is 0 Å². The van der Waals surface area contributed by atoms with Crippen molar-refractivity contribution in [2.45, 2.75) is 46.6 Å². The van der Waals surface area contributed by atoms with Gasteiger partial charge in [-0.1, -0.05) is 0 Å². The molecule has 94 valence electrons. The maximum Gasteiger partial charge on any atom is 0.137 e. The third-order valence-corrected chi connectivity index (χ3v) is 3.18. The molecule has 0 saturated heterocycles. The van der Waals surface area contributed by atoms with Gasteiger partial charge in [-0.25, -0.2) is 9.97 Å². The Morgan fingerprint density at radius 2 is 1.94 bits per heavy atom. The molecule has 4 heteroatoms.